The second kappa shape index (κ2) is 2.10. The molecule has 2 aliphatic heterocycles. The van der Waals surface area contributed by atoms with Gasteiger partial charge in [0.25, 0.3) is 0 Å². The summed E-state index contributed by atoms with van der Waals surface area (Å²) in [6.45, 7) is 4.94. The highest BCUT2D eigenvalue weighted by atomic mass is 28.3. The molecule has 0 aromatic rings. The van der Waals surface area contributed by atoms with Crippen LogP contribution < -0.4 is 0 Å². The van der Waals surface area contributed by atoms with Crippen molar-refractivity contribution in [3.8, 4) is 0 Å². The maximum atomic E-state index is 2.47. The monoisotopic (exact) mass is 154 g/mol. The molecule has 0 unspecified atom stereocenters. The Morgan fingerprint density at radius 2 is 1.80 bits per heavy atom. The molecule has 58 valence electrons. The van der Waals surface area contributed by atoms with E-state index in [4.69, 9.17) is 0 Å². The van der Waals surface area contributed by atoms with E-state index in [0.717, 1.165) is 5.54 Å². The van der Waals surface area contributed by atoms with Crippen LogP contribution >= 0.6 is 0 Å². The predicted octanol–water partition coefficient (Wildman–Crippen LogP) is 3.27. The van der Waals surface area contributed by atoms with Crippen LogP contribution in [-0.4, -0.2) is 8.07 Å². The average molecular weight is 154 g/mol. The van der Waals surface area contributed by atoms with E-state index in [1.54, 1.807) is 31.0 Å². The van der Waals surface area contributed by atoms with Crippen LogP contribution in [0.15, 0.2) is 0 Å². The van der Waals surface area contributed by atoms with Crippen molar-refractivity contribution in [3.63, 3.8) is 0 Å². The second-order valence-corrected chi connectivity index (χ2v) is 9.95. The summed E-state index contributed by atoms with van der Waals surface area (Å²) >= 11 is 0. The number of hydrogen-bond acceptors (Lipinski definition) is 0. The van der Waals surface area contributed by atoms with Crippen molar-refractivity contribution in [1.29, 1.82) is 0 Å². The van der Waals surface area contributed by atoms with Crippen molar-refractivity contribution >= 4 is 8.07 Å². The van der Waals surface area contributed by atoms with Crippen LogP contribution in [0.3, 0.4) is 0 Å². The van der Waals surface area contributed by atoms with E-state index >= 15 is 0 Å². The van der Waals surface area contributed by atoms with Gasteiger partial charge in [0.1, 0.15) is 0 Å². The van der Waals surface area contributed by atoms with Gasteiger partial charge >= 0.3 is 0 Å². The molecule has 0 saturated carbocycles. The topological polar surface area (TPSA) is 0 Å². The van der Waals surface area contributed by atoms with Gasteiger partial charge in [0, 0.05) is 0 Å². The zero-order chi connectivity index (χ0) is 7.19. The highest BCUT2D eigenvalue weighted by Gasteiger charge is 2.48. The molecule has 0 radical (unpaired) electrons. The van der Waals surface area contributed by atoms with Crippen molar-refractivity contribution in [1.82, 2.24) is 0 Å². The molecule has 10 heavy (non-hydrogen) atoms. The maximum absolute atomic E-state index is 2.47. The zero-order valence-corrected chi connectivity index (χ0v) is 8.19. The van der Waals surface area contributed by atoms with Gasteiger partial charge in [0.15, 0.2) is 0 Å². The molecule has 2 saturated heterocycles. The number of rotatable bonds is 1. The summed E-state index contributed by atoms with van der Waals surface area (Å²) in [6, 6.07) is 5.05. The zero-order valence-electron chi connectivity index (χ0n) is 7.19. The van der Waals surface area contributed by atoms with Gasteiger partial charge in [-0.1, -0.05) is 50.4 Å². The first-order valence-corrected chi connectivity index (χ1v) is 7.43. The van der Waals surface area contributed by atoms with Gasteiger partial charge in [-0.2, -0.15) is 0 Å². The molecule has 0 N–H and O–H groups in total. The van der Waals surface area contributed by atoms with E-state index in [1.165, 1.54) is 5.92 Å². The molecule has 0 nitrogen and oxygen atoms in total. The van der Waals surface area contributed by atoms with E-state index in [1.807, 2.05) is 0 Å². The Hall–Kier alpha value is 0.217. The summed E-state index contributed by atoms with van der Waals surface area (Å²) < 4.78 is 0. The van der Waals surface area contributed by atoms with E-state index in [0.29, 0.717) is 0 Å². The quantitative estimate of drug-likeness (QED) is 0.509. The Bertz CT molecular complexity index is 132. The summed E-state index contributed by atoms with van der Waals surface area (Å²) in [6.07, 6.45) is 3.20. The molecule has 2 fully saturated rings. The standard InChI is InChI=1S/C9H18Si/c1-8(2)10-5-3-9(7-10)4-6-10/h8-9H,3-7H2,1-2H3. The van der Waals surface area contributed by atoms with Crippen LogP contribution in [0.2, 0.25) is 23.7 Å². The lowest BCUT2D eigenvalue weighted by molar-refractivity contribution is 0.576. The van der Waals surface area contributed by atoms with Crippen molar-refractivity contribution in [2.45, 2.75) is 50.4 Å². The van der Waals surface area contributed by atoms with Gasteiger partial charge < -0.3 is 0 Å². The van der Waals surface area contributed by atoms with Gasteiger partial charge in [-0.3, -0.25) is 0 Å². The van der Waals surface area contributed by atoms with E-state index in [9.17, 15) is 0 Å². The first-order valence-electron chi connectivity index (χ1n) is 4.73. The first kappa shape index (κ1) is 6.90. The molecule has 0 atom stereocenters. The van der Waals surface area contributed by atoms with Gasteiger partial charge in [-0.25, -0.2) is 0 Å². The molecule has 0 spiro atoms. The minimum Gasteiger partial charge on any atom is -0.0652 e. The summed E-state index contributed by atoms with van der Waals surface area (Å²) in [5, 5.41) is 0. The van der Waals surface area contributed by atoms with Crippen molar-refractivity contribution in [2.24, 2.45) is 5.92 Å². The molecule has 2 aliphatic rings. The lowest BCUT2D eigenvalue weighted by Gasteiger charge is -2.28. The van der Waals surface area contributed by atoms with Crippen molar-refractivity contribution < 1.29 is 0 Å². The van der Waals surface area contributed by atoms with Gasteiger partial charge in [0.05, 0.1) is 8.07 Å². The fourth-order valence-corrected chi connectivity index (χ4v) is 8.86. The van der Waals surface area contributed by atoms with Crippen molar-refractivity contribution in [3.05, 3.63) is 0 Å². The van der Waals surface area contributed by atoms with Gasteiger partial charge in [-0.15, -0.1) is 0 Å². The van der Waals surface area contributed by atoms with E-state index < -0.39 is 8.07 Å². The molecule has 2 bridgehead atoms. The summed E-state index contributed by atoms with van der Waals surface area (Å²) in [5.74, 6) is 1.19. The third-order valence-corrected chi connectivity index (χ3v) is 10.4. The molecule has 0 aromatic carbocycles. The third kappa shape index (κ3) is 0.794. The number of fused-ring (bicyclic) bond motifs is 2. The van der Waals surface area contributed by atoms with Crippen LogP contribution in [0, 0.1) is 5.92 Å². The Kier molecular flexibility index (Phi) is 1.45. The Morgan fingerprint density at radius 3 is 2.00 bits per heavy atom. The van der Waals surface area contributed by atoms with Gasteiger partial charge in [-0.05, 0) is 5.92 Å². The highest BCUT2D eigenvalue weighted by molar-refractivity contribution is 6.82. The lowest BCUT2D eigenvalue weighted by Crippen LogP contribution is -2.31. The Labute approximate surface area is 65.0 Å². The highest BCUT2D eigenvalue weighted by Crippen LogP contribution is 2.53. The third-order valence-electron chi connectivity index (χ3n) is 4.02. The SMILES string of the molecule is CC(C)[Si]12CCC(CC1)C2. The molecular formula is C9H18Si. The summed E-state index contributed by atoms with van der Waals surface area (Å²) in [4.78, 5) is 0. The van der Waals surface area contributed by atoms with Gasteiger partial charge in [0.2, 0.25) is 0 Å². The fourth-order valence-electron chi connectivity index (χ4n) is 3.05. The van der Waals surface area contributed by atoms with Crippen LogP contribution in [0.1, 0.15) is 26.7 Å². The molecule has 0 aromatic heterocycles. The molecule has 0 amide bonds. The average Bonchev–Trinajstić information content (AvgIpc) is 2.45. The lowest BCUT2D eigenvalue weighted by atomic mass is 10.1. The molecular weight excluding hydrogens is 136 g/mol. The van der Waals surface area contributed by atoms with E-state index in [-0.39, 0.29) is 0 Å². The largest absolute Gasteiger partial charge is 0.0652 e. The summed E-state index contributed by atoms with van der Waals surface area (Å²) in [5.41, 5.74) is 1.08. The van der Waals surface area contributed by atoms with Crippen LogP contribution in [-0.2, 0) is 0 Å². The summed E-state index contributed by atoms with van der Waals surface area (Å²) in [7, 11) is -0.610. The molecule has 2 heterocycles. The normalized spacial score (nSPS) is 45.3. The van der Waals surface area contributed by atoms with Crippen LogP contribution in [0.4, 0.5) is 0 Å². The fraction of sp³-hybridized carbons (Fsp3) is 1.00. The molecule has 0 aliphatic carbocycles. The molecule has 1 heteroatoms. The number of hydrogen-bond donors (Lipinski definition) is 0. The van der Waals surface area contributed by atoms with Crippen LogP contribution in [0.25, 0.3) is 0 Å². The maximum Gasteiger partial charge on any atom is 0.0564 e. The minimum atomic E-state index is -0.610. The minimum absolute atomic E-state index is 0.610. The van der Waals surface area contributed by atoms with Crippen molar-refractivity contribution in [2.75, 3.05) is 0 Å². The smallest absolute Gasteiger partial charge is 0.0564 e. The Morgan fingerprint density at radius 1 is 1.20 bits per heavy atom. The van der Waals surface area contributed by atoms with E-state index in [2.05, 4.69) is 13.8 Å². The predicted molar refractivity (Wildman–Crippen MR) is 48.0 cm³/mol. The Balaban J connectivity index is 2.15. The molecule has 2 rings (SSSR count). The first-order chi connectivity index (χ1) is 4.73. The second-order valence-electron chi connectivity index (χ2n) is 4.66. The van der Waals surface area contributed by atoms with Crippen LogP contribution in [0.5, 0.6) is 0 Å².